The van der Waals surface area contributed by atoms with E-state index in [4.69, 9.17) is 4.74 Å². The van der Waals surface area contributed by atoms with Crippen LogP contribution in [-0.2, 0) is 4.74 Å². The Labute approximate surface area is 111 Å². The molecular weight excluding hydrogens is 224 g/mol. The van der Waals surface area contributed by atoms with E-state index in [2.05, 4.69) is 54.4 Å². The SMILES string of the molecule is CCN(CCOC)C(C)C(NC)c1ccccc1. The molecule has 0 aliphatic carbocycles. The van der Waals surface area contributed by atoms with Gasteiger partial charge in [0.15, 0.2) is 0 Å². The molecule has 3 heteroatoms. The molecule has 18 heavy (non-hydrogen) atoms. The molecule has 2 atom stereocenters. The van der Waals surface area contributed by atoms with Crippen LogP contribution < -0.4 is 5.32 Å². The lowest BCUT2D eigenvalue weighted by Gasteiger charge is -2.34. The maximum atomic E-state index is 5.18. The van der Waals surface area contributed by atoms with Gasteiger partial charge in [0, 0.05) is 25.7 Å². The lowest BCUT2D eigenvalue weighted by atomic mass is 9.99. The van der Waals surface area contributed by atoms with Gasteiger partial charge in [-0.3, -0.25) is 4.90 Å². The highest BCUT2D eigenvalue weighted by atomic mass is 16.5. The monoisotopic (exact) mass is 250 g/mol. The van der Waals surface area contributed by atoms with Crippen LogP contribution in [-0.4, -0.2) is 44.8 Å². The van der Waals surface area contributed by atoms with Gasteiger partial charge in [-0.15, -0.1) is 0 Å². The van der Waals surface area contributed by atoms with Crippen molar-refractivity contribution in [3.8, 4) is 0 Å². The van der Waals surface area contributed by atoms with Crippen LogP contribution in [0.4, 0.5) is 0 Å². The minimum atomic E-state index is 0.350. The number of nitrogens with one attached hydrogen (secondary N) is 1. The normalized spacial score (nSPS) is 14.7. The Kier molecular flexibility index (Phi) is 6.94. The number of ether oxygens (including phenoxy) is 1. The van der Waals surface area contributed by atoms with Crippen LogP contribution in [0.3, 0.4) is 0 Å². The maximum Gasteiger partial charge on any atom is 0.0589 e. The zero-order valence-electron chi connectivity index (χ0n) is 12.0. The largest absolute Gasteiger partial charge is 0.383 e. The Hall–Kier alpha value is -0.900. The van der Waals surface area contributed by atoms with Gasteiger partial charge in [0.1, 0.15) is 0 Å². The summed E-state index contributed by atoms with van der Waals surface area (Å²) >= 11 is 0. The summed E-state index contributed by atoms with van der Waals surface area (Å²) in [6, 6.07) is 11.4. The Morgan fingerprint density at radius 1 is 1.28 bits per heavy atom. The Balaban J connectivity index is 2.74. The number of nitrogens with zero attached hydrogens (tertiary/aromatic N) is 1. The predicted octanol–water partition coefficient (Wildman–Crippen LogP) is 2.30. The van der Waals surface area contributed by atoms with Crippen molar-refractivity contribution in [1.82, 2.24) is 10.2 Å². The number of methoxy groups -OCH3 is 1. The van der Waals surface area contributed by atoms with Crippen molar-refractivity contribution >= 4 is 0 Å². The summed E-state index contributed by atoms with van der Waals surface area (Å²) in [5.74, 6) is 0. The first kappa shape index (κ1) is 15.2. The molecule has 0 saturated heterocycles. The molecule has 0 amide bonds. The van der Waals surface area contributed by atoms with Crippen molar-refractivity contribution in [3.05, 3.63) is 35.9 Å². The van der Waals surface area contributed by atoms with Gasteiger partial charge >= 0.3 is 0 Å². The van der Waals surface area contributed by atoms with Crippen molar-refractivity contribution in [2.24, 2.45) is 0 Å². The van der Waals surface area contributed by atoms with Gasteiger partial charge < -0.3 is 10.1 Å². The summed E-state index contributed by atoms with van der Waals surface area (Å²) in [7, 11) is 3.78. The quantitative estimate of drug-likeness (QED) is 0.766. The summed E-state index contributed by atoms with van der Waals surface area (Å²) < 4.78 is 5.18. The molecule has 3 nitrogen and oxygen atoms in total. The van der Waals surface area contributed by atoms with Crippen LogP contribution in [0.2, 0.25) is 0 Å². The van der Waals surface area contributed by atoms with E-state index >= 15 is 0 Å². The smallest absolute Gasteiger partial charge is 0.0589 e. The molecule has 0 fully saturated rings. The Morgan fingerprint density at radius 3 is 2.44 bits per heavy atom. The number of benzene rings is 1. The maximum absolute atomic E-state index is 5.18. The molecule has 0 aliphatic heterocycles. The topological polar surface area (TPSA) is 24.5 Å². The fourth-order valence-corrected chi connectivity index (χ4v) is 2.42. The van der Waals surface area contributed by atoms with Crippen LogP contribution in [0.5, 0.6) is 0 Å². The van der Waals surface area contributed by atoms with E-state index in [1.807, 2.05) is 7.05 Å². The zero-order valence-corrected chi connectivity index (χ0v) is 12.0. The summed E-state index contributed by atoms with van der Waals surface area (Å²) in [4.78, 5) is 2.44. The molecule has 2 unspecified atom stereocenters. The third-order valence-corrected chi connectivity index (χ3v) is 3.52. The van der Waals surface area contributed by atoms with Crippen molar-refractivity contribution in [1.29, 1.82) is 0 Å². The summed E-state index contributed by atoms with van der Waals surface area (Å²) in [6.07, 6.45) is 0. The first-order valence-corrected chi connectivity index (χ1v) is 6.69. The van der Waals surface area contributed by atoms with Crippen molar-refractivity contribution in [2.45, 2.75) is 25.9 Å². The average molecular weight is 250 g/mol. The number of hydrogen-bond donors (Lipinski definition) is 1. The Morgan fingerprint density at radius 2 is 1.94 bits per heavy atom. The molecule has 1 aromatic carbocycles. The molecule has 0 spiro atoms. The highest BCUT2D eigenvalue weighted by Crippen LogP contribution is 2.20. The average Bonchev–Trinajstić information content (AvgIpc) is 2.42. The van der Waals surface area contributed by atoms with Crippen LogP contribution in [0.25, 0.3) is 0 Å². The highest BCUT2D eigenvalue weighted by molar-refractivity contribution is 5.20. The van der Waals surface area contributed by atoms with E-state index in [1.165, 1.54) is 5.56 Å². The predicted molar refractivity (Wildman–Crippen MR) is 76.8 cm³/mol. The molecule has 102 valence electrons. The van der Waals surface area contributed by atoms with Gasteiger partial charge in [-0.05, 0) is 26.1 Å². The Bertz CT molecular complexity index is 316. The van der Waals surface area contributed by atoms with Crippen LogP contribution in [0.1, 0.15) is 25.5 Å². The van der Waals surface area contributed by atoms with E-state index in [0.29, 0.717) is 12.1 Å². The third kappa shape index (κ3) is 4.09. The van der Waals surface area contributed by atoms with Gasteiger partial charge in [0.05, 0.1) is 6.61 Å². The third-order valence-electron chi connectivity index (χ3n) is 3.52. The van der Waals surface area contributed by atoms with Gasteiger partial charge in [0.25, 0.3) is 0 Å². The van der Waals surface area contributed by atoms with E-state index in [0.717, 1.165) is 19.7 Å². The van der Waals surface area contributed by atoms with Gasteiger partial charge in [0.2, 0.25) is 0 Å². The van der Waals surface area contributed by atoms with E-state index in [9.17, 15) is 0 Å². The van der Waals surface area contributed by atoms with Crippen molar-refractivity contribution < 1.29 is 4.74 Å². The standard InChI is InChI=1S/C15H26N2O/c1-5-17(11-12-18-4)13(2)15(16-3)14-9-7-6-8-10-14/h6-10,13,15-16H,5,11-12H2,1-4H3. The van der Waals surface area contributed by atoms with E-state index in [-0.39, 0.29) is 0 Å². The van der Waals surface area contributed by atoms with Gasteiger partial charge in [-0.1, -0.05) is 37.3 Å². The van der Waals surface area contributed by atoms with E-state index < -0.39 is 0 Å². The summed E-state index contributed by atoms with van der Waals surface area (Å²) in [5.41, 5.74) is 1.34. The molecule has 0 aromatic heterocycles. The fourth-order valence-electron chi connectivity index (χ4n) is 2.42. The molecule has 1 rings (SSSR count). The first-order chi connectivity index (χ1) is 8.74. The lowest BCUT2D eigenvalue weighted by molar-refractivity contribution is 0.114. The molecule has 1 N–H and O–H groups in total. The molecular formula is C15H26N2O. The minimum Gasteiger partial charge on any atom is -0.383 e. The molecule has 0 radical (unpaired) electrons. The van der Waals surface area contributed by atoms with Crippen LogP contribution in [0.15, 0.2) is 30.3 Å². The van der Waals surface area contributed by atoms with Crippen LogP contribution in [0, 0.1) is 0 Å². The number of rotatable bonds is 8. The number of likely N-dealkylation sites (N-methyl/N-ethyl adjacent to an activating group) is 2. The summed E-state index contributed by atoms with van der Waals surface area (Å²) in [5, 5.41) is 3.43. The van der Waals surface area contributed by atoms with E-state index in [1.54, 1.807) is 7.11 Å². The van der Waals surface area contributed by atoms with Gasteiger partial charge in [-0.25, -0.2) is 0 Å². The second kappa shape index (κ2) is 8.25. The molecule has 0 saturated carbocycles. The highest BCUT2D eigenvalue weighted by Gasteiger charge is 2.22. The van der Waals surface area contributed by atoms with Crippen molar-refractivity contribution in [2.75, 3.05) is 33.9 Å². The van der Waals surface area contributed by atoms with Gasteiger partial charge in [-0.2, -0.15) is 0 Å². The molecule has 0 aliphatic rings. The molecule has 1 aromatic rings. The van der Waals surface area contributed by atoms with Crippen molar-refractivity contribution in [3.63, 3.8) is 0 Å². The summed E-state index contributed by atoms with van der Waals surface area (Å²) in [6.45, 7) is 7.26. The minimum absolute atomic E-state index is 0.350. The molecule has 0 bridgehead atoms. The second-order valence-electron chi connectivity index (χ2n) is 4.54. The first-order valence-electron chi connectivity index (χ1n) is 6.69. The number of hydrogen-bond acceptors (Lipinski definition) is 3. The lowest BCUT2D eigenvalue weighted by Crippen LogP contribution is -2.43. The fraction of sp³-hybridized carbons (Fsp3) is 0.600. The molecule has 0 heterocycles. The second-order valence-corrected chi connectivity index (χ2v) is 4.54. The van der Waals surface area contributed by atoms with Crippen LogP contribution >= 0.6 is 0 Å². The zero-order chi connectivity index (χ0) is 13.4.